The molecule has 2 fully saturated rings. The van der Waals surface area contributed by atoms with E-state index in [2.05, 4.69) is 19.7 Å². The highest BCUT2D eigenvalue weighted by Gasteiger charge is 2.26. The second kappa shape index (κ2) is 11.2. The second-order valence-electron chi connectivity index (χ2n) is 9.51. The molecule has 0 bridgehead atoms. The van der Waals surface area contributed by atoms with E-state index in [1.54, 1.807) is 18.2 Å². The van der Waals surface area contributed by atoms with Crippen molar-refractivity contribution in [1.29, 1.82) is 0 Å². The van der Waals surface area contributed by atoms with E-state index in [0.717, 1.165) is 43.4 Å². The predicted octanol–water partition coefficient (Wildman–Crippen LogP) is 3.59. The maximum Gasteiger partial charge on any atom is 0.244 e. The van der Waals surface area contributed by atoms with Crippen LogP contribution < -0.4 is 9.46 Å². The van der Waals surface area contributed by atoms with Crippen LogP contribution in [0.15, 0.2) is 27.6 Å². The molecule has 9 heteroatoms. The number of nitrogens with zero attached hydrogens (tertiary/aromatic N) is 3. The second-order valence-corrected chi connectivity index (χ2v) is 11.2. The lowest BCUT2D eigenvalue weighted by Crippen LogP contribution is -2.47. The summed E-state index contributed by atoms with van der Waals surface area (Å²) >= 11 is 0. The average molecular weight is 491 g/mol. The van der Waals surface area contributed by atoms with Gasteiger partial charge in [-0.2, -0.15) is 0 Å². The minimum Gasteiger partial charge on any atom is -0.495 e. The Morgan fingerprint density at radius 2 is 1.85 bits per heavy atom. The van der Waals surface area contributed by atoms with Gasteiger partial charge in [0.1, 0.15) is 10.6 Å². The molecule has 0 radical (unpaired) electrons. The topological polar surface area (TPSA) is 87.9 Å². The van der Waals surface area contributed by atoms with Crippen molar-refractivity contribution in [3.05, 3.63) is 29.5 Å². The van der Waals surface area contributed by atoms with Crippen LogP contribution in [0.4, 0.5) is 0 Å². The van der Waals surface area contributed by atoms with Gasteiger partial charge in [0.05, 0.1) is 12.8 Å². The molecule has 2 saturated heterocycles. The largest absolute Gasteiger partial charge is 0.495 e. The maximum absolute atomic E-state index is 13.1. The number of ether oxygens (including phenoxy) is 1. The Morgan fingerprint density at radius 3 is 2.50 bits per heavy atom. The predicted molar refractivity (Wildman–Crippen MR) is 133 cm³/mol. The van der Waals surface area contributed by atoms with Gasteiger partial charge < -0.3 is 19.1 Å². The number of benzene rings is 1. The SMILES string of the molecule is COc1ccc(-c2onc(C)c2C)cc1S(=O)(=O)NCCCN1CCC(N2CCCCC2)CC1. The van der Waals surface area contributed by atoms with Crippen LogP contribution in [0.25, 0.3) is 11.3 Å². The maximum atomic E-state index is 13.1. The van der Waals surface area contributed by atoms with Crippen molar-refractivity contribution >= 4 is 10.0 Å². The van der Waals surface area contributed by atoms with E-state index >= 15 is 0 Å². The molecule has 0 atom stereocenters. The molecule has 1 aromatic carbocycles. The van der Waals surface area contributed by atoms with Crippen LogP contribution in [0.3, 0.4) is 0 Å². The summed E-state index contributed by atoms with van der Waals surface area (Å²) < 4.78 is 39.7. The lowest BCUT2D eigenvalue weighted by atomic mass is 10.00. The van der Waals surface area contributed by atoms with Gasteiger partial charge in [-0.1, -0.05) is 11.6 Å². The number of sulfonamides is 1. The Kier molecular flexibility index (Phi) is 8.29. The van der Waals surface area contributed by atoms with Crippen molar-refractivity contribution in [2.45, 2.75) is 63.3 Å². The summed E-state index contributed by atoms with van der Waals surface area (Å²) in [5, 5.41) is 3.98. The minimum atomic E-state index is -3.73. The number of aromatic nitrogens is 1. The van der Waals surface area contributed by atoms with Crippen LogP contribution in [0, 0.1) is 13.8 Å². The first-order chi connectivity index (χ1) is 16.4. The van der Waals surface area contributed by atoms with E-state index in [1.165, 1.54) is 52.3 Å². The van der Waals surface area contributed by atoms with Gasteiger partial charge in [-0.25, -0.2) is 13.1 Å². The Bertz CT molecular complexity index is 1050. The Balaban J connectivity index is 1.30. The lowest BCUT2D eigenvalue weighted by Gasteiger charge is -2.40. The minimum absolute atomic E-state index is 0.114. The van der Waals surface area contributed by atoms with E-state index in [1.807, 2.05) is 13.8 Å². The summed E-state index contributed by atoms with van der Waals surface area (Å²) in [5.74, 6) is 0.884. The summed E-state index contributed by atoms with van der Waals surface area (Å²) in [7, 11) is -2.25. The molecular weight excluding hydrogens is 452 g/mol. The monoisotopic (exact) mass is 490 g/mol. The molecule has 0 spiro atoms. The number of likely N-dealkylation sites (tertiary alicyclic amines) is 2. The summed E-state index contributed by atoms with van der Waals surface area (Å²) in [4.78, 5) is 5.26. The fourth-order valence-corrected chi connectivity index (χ4v) is 6.36. The van der Waals surface area contributed by atoms with E-state index in [0.29, 0.717) is 23.6 Å². The number of aryl methyl sites for hydroxylation is 1. The normalized spacial score (nSPS) is 18.9. The average Bonchev–Trinajstić information content (AvgIpc) is 3.20. The molecule has 0 amide bonds. The molecule has 0 aliphatic carbocycles. The molecule has 34 heavy (non-hydrogen) atoms. The zero-order valence-electron chi connectivity index (χ0n) is 20.7. The van der Waals surface area contributed by atoms with Crippen molar-refractivity contribution in [3.63, 3.8) is 0 Å². The first kappa shape index (κ1) is 25.2. The van der Waals surface area contributed by atoms with Crippen molar-refractivity contribution in [1.82, 2.24) is 19.7 Å². The fraction of sp³-hybridized carbons (Fsp3) is 0.640. The van der Waals surface area contributed by atoms with E-state index in [-0.39, 0.29) is 4.90 Å². The first-order valence-corrected chi connectivity index (χ1v) is 13.9. The van der Waals surface area contributed by atoms with E-state index < -0.39 is 10.0 Å². The van der Waals surface area contributed by atoms with Gasteiger partial charge in [-0.3, -0.25) is 0 Å². The smallest absolute Gasteiger partial charge is 0.244 e. The summed E-state index contributed by atoms with van der Waals surface area (Å²) in [6.07, 6.45) is 7.26. The molecule has 3 heterocycles. The van der Waals surface area contributed by atoms with Crippen molar-refractivity contribution in [2.24, 2.45) is 0 Å². The Hall–Kier alpha value is -1.94. The van der Waals surface area contributed by atoms with E-state index in [9.17, 15) is 8.42 Å². The molecule has 4 rings (SSSR count). The van der Waals surface area contributed by atoms with Crippen LogP contribution in [0.5, 0.6) is 5.75 Å². The highest BCUT2D eigenvalue weighted by Crippen LogP contribution is 2.32. The summed E-state index contributed by atoms with van der Waals surface area (Å²) in [6.45, 7) is 9.78. The van der Waals surface area contributed by atoms with Crippen LogP contribution in [-0.2, 0) is 10.0 Å². The highest BCUT2D eigenvalue weighted by molar-refractivity contribution is 7.89. The lowest BCUT2D eigenvalue weighted by molar-refractivity contribution is 0.0923. The first-order valence-electron chi connectivity index (χ1n) is 12.5. The highest BCUT2D eigenvalue weighted by atomic mass is 32.2. The molecule has 2 aromatic rings. The van der Waals surface area contributed by atoms with Crippen molar-refractivity contribution in [3.8, 4) is 17.1 Å². The number of nitrogens with one attached hydrogen (secondary N) is 1. The molecule has 1 N–H and O–H groups in total. The third-order valence-corrected chi connectivity index (χ3v) is 8.76. The number of methoxy groups -OCH3 is 1. The fourth-order valence-electron chi connectivity index (χ4n) is 5.09. The summed E-state index contributed by atoms with van der Waals surface area (Å²) in [6, 6.07) is 5.78. The number of hydrogen-bond acceptors (Lipinski definition) is 7. The van der Waals surface area contributed by atoms with Gasteiger partial charge in [0, 0.05) is 23.7 Å². The molecular formula is C25H38N4O4S. The third kappa shape index (κ3) is 5.82. The zero-order valence-corrected chi connectivity index (χ0v) is 21.5. The van der Waals surface area contributed by atoms with Crippen molar-refractivity contribution in [2.75, 3.05) is 46.4 Å². The van der Waals surface area contributed by atoms with Crippen LogP contribution >= 0.6 is 0 Å². The van der Waals surface area contributed by atoms with Gasteiger partial charge in [0.2, 0.25) is 10.0 Å². The number of piperidine rings is 2. The number of hydrogen-bond donors (Lipinski definition) is 1. The Labute approximate surface area is 203 Å². The van der Waals surface area contributed by atoms with Gasteiger partial charge in [-0.05, 0) is 96.9 Å². The molecule has 2 aliphatic heterocycles. The standard InChI is InChI=1S/C25H38N4O4S/c1-19-20(2)27-33-25(19)21-8-9-23(32-3)24(18-21)34(30,31)26-12-7-13-28-16-10-22(11-17-28)29-14-5-4-6-15-29/h8-9,18,22,26H,4-7,10-17H2,1-3H3. The number of rotatable bonds is 9. The van der Waals surface area contributed by atoms with Crippen molar-refractivity contribution < 1.29 is 17.7 Å². The van der Waals surface area contributed by atoms with Gasteiger partial charge in [0.25, 0.3) is 0 Å². The third-order valence-electron chi connectivity index (χ3n) is 7.28. The van der Waals surface area contributed by atoms with Gasteiger partial charge in [0.15, 0.2) is 5.76 Å². The quantitative estimate of drug-likeness (QED) is 0.538. The molecule has 0 saturated carbocycles. The van der Waals surface area contributed by atoms with E-state index in [4.69, 9.17) is 9.26 Å². The van der Waals surface area contributed by atoms with Crippen LogP contribution in [0.1, 0.15) is 49.8 Å². The molecule has 1 aromatic heterocycles. The van der Waals surface area contributed by atoms with Crippen LogP contribution in [0.2, 0.25) is 0 Å². The Morgan fingerprint density at radius 1 is 1.12 bits per heavy atom. The molecule has 8 nitrogen and oxygen atoms in total. The zero-order chi connectivity index (χ0) is 24.1. The van der Waals surface area contributed by atoms with Gasteiger partial charge in [-0.15, -0.1) is 0 Å². The molecule has 188 valence electrons. The molecule has 0 unspecified atom stereocenters. The van der Waals surface area contributed by atoms with Crippen LogP contribution in [-0.4, -0.2) is 75.8 Å². The molecule has 2 aliphatic rings. The summed E-state index contributed by atoms with van der Waals surface area (Å²) in [5.41, 5.74) is 2.34. The van der Waals surface area contributed by atoms with Gasteiger partial charge >= 0.3 is 0 Å².